The smallest absolute Gasteiger partial charge is 0.109 e. The van der Waals surface area contributed by atoms with E-state index < -0.39 is 0 Å². The van der Waals surface area contributed by atoms with E-state index in [1.54, 1.807) is 12.5 Å². The summed E-state index contributed by atoms with van der Waals surface area (Å²) in [7, 11) is 0. The maximum absolute atomic E-state index is 4.85. The van der Waals surface area contributed by atoms with E-state index in [4.69, 9.17) is 7.48 Å². The summed E-state index contributed by atoms with van der Waals surface area (Å²) < 4.78 is 9.70. The van der Waals surface area contributed by atoms with E-state index in [0.29, 0.717) is 0 Å². The van der Waals surface area contributed by atoms with E-state index in [9.17, 15) is 0 Å². The van der Waals surface area contributed by atoms with Gasteiger partial charge in [-0.2, -0.15) is 0 Å². The van der Waals surface area contributed by atoms with Crippen LogP contribution in [0.25, 0.3) is 0 Å². The second-order valence-corrected chi connectivity index (χ2v) is 2.32. The molecule has 0 unspecified atom stereocenters. The minimum absolute atomic E-state index is 0.750. The monoisotopic (exact) mass is 238 g/mol. The lowest BCUT2D eigenvalue weighted by Crippen LogP contribution is -1.87. The Labute approximate surface area is 67.9 Å². The van der Waals surface area contributed by atoms with Crippen LogP contribution in [0.1, 0.15) is 5.56 Å². The van der Waals surface area contributed by atoms with E-state index in [-0.39, 0.29) is 0 Å². The Hall–Kier alpha value is -0.0300. The molecule has 0 aromatic carbocycles. The minimum atomic E-state index is 0.750. The molecule has 1 rings (SSSR count). The fourth-order valence-electron chi connectivity index (χ4n) is 0.591. The highest BCUT2D eigenvalue weighted by atomic mass is 127. The van der Waals surface area contributed by atoms with Gasteiger partial charge in [0.25, 0.3) is 0 Å². The number of hydrogen-bond donors (Lipinski definition) is 0. The Bertz CT molecular complexity index is 148. The number of rotatable bonds is 3. The average molecular weight is 238 g/mol. The van der Waals surface area contributed by atoms with Gasteiger partial charge in [-0.05, 0) is 18.1 Å². The van der Waals surface area contributed by atoms with Gasteiger partial charge in [0.15, 0.2) is 0 Å². The molecule has 0 spiro atoms. The first kappa shape index (κ1) is 7.08. The quantitative estimate of drug-likeness (QED) is 0.753. The molecule has 1 aromatic rings. The molecule has 0 atom stereocenters. The van der Waals surface area contributed by atoms with E-state index in [2.05, 4.69) is 0 Å². The summed E-state index contributed by atoms with van der Waals surface area (Å²) >= 11 is 1.88. The molecule has 9 heavy (non-hydrogen) atoms. The Morgan fingerprint density at radius 1 is 1.67 bits per heavy atom. The van der Waals surface area contributed by atoms with Gasteiger partial charge in [-0.15, -0.1) is 0 Å². The van der Waals surface area contributed by atoms with Crippen molar-refractivity contribution in [1.29, 1.82) is 0 Å². The molecule has 0 saturated heterocycles. The number of halogens is 1. The summed E-state index contributed by atoms with van der Waals surface area (Å²) in [6.45, 7) is 0.750. The molecule has 0 N–H and O–H groups in total. The van der Waals surface area contributed by atoms with Crippen molar-refractivity contribution in [3.63, 3.8) is 0 Å². The maximum Gasteiger partial charge on any atom is 0.109 e. The molecule has 1 heterocycles. The zero-order valence-electron chi connectivity index (χ0n) is 4.84. The van der Waals surface area contributed by atoms with Crippen molar-refractivity contribution < 1.29 is 7.48 Å². The molecule has 0 saturated carbocycles. The van der Waals surface area contributed by atoms with Crippen LogP contribution in [0.5, 0.6) is 0 Å². The van der Waals surface area contributed by atoms with E-state index in [1.165, 1.54) is 5.56 Å². The first-order valence-corrected chi connectivity index (χ1v) is 3.56. The molecule has 0 fully saturated rings. The first-order valence-electron chi connectivity index (χ1n) is 2.68. The predicted octanol–water partition coefficient (Wildman–Crippen LogP) is 2.19. The molecule has 0 radical (unpaired) electrons. The topological polar surface area (TPSA) is 22.4 Å². The summed E-state index contributed by atoms with van der Waals surface area (Å²) in [6.07, 6.45) is 4.33. The number of hydrogen-bond acceptors (Lipinski definition) is 2. The normalized spacial score (nSPS) is 9.89. The maximum atomic E-state index is 4.85. The Morgan fingerprint density at radius 3 is 3.11 bits per heavy atom. The van der Waals surface area contributed by atoms with Crippen LogP contribution in [0.15, 0.2) is 23.0 Å². The van der Waals surface area contributed by atoms with Crippen LogP contribution in [0.4, 0.5) is 0 Å². The average Bonchev–Trinajstić information content (AvgIpc) is 2.34. The fourth-order valence-corrected chi connectivity index (χ4v) is 0.812. The SMILES string of the molecule is IOCCc1ccoc1. The van der Waals surface area contributed by atoms with Crippen molar-refractivity contribution in [2.24, 2.45) is 0 Å². The summed E-state index contributed by atoms with van der Waals surface area (Å²) in [5, 5.41) is 0. The highest BCUT2D eigenvalue weighted by Crippen LogP contribution is 2.01. The van der Waals surface area contributed by atoms with Gasteiger partial charge >= 0.3 is 0 Å². The van der Waals surface area contributed by atoms with Crippen LogP contribution in [0.2, 0.25) is 0 Å². The van der Waals surface area contributed by atoms with Crippen LogP contribution in [-0.2, 0) is 9.49 Å². The first-order chi connectivity index (χ1) is 4.43. The van der Waals surface area contributed by atoms with E-state index >= 15 is 0 Å². The molecule has 0 aliphatic carbocycles. The van der Waals surface area contributed by atoms with Gasteiger partial charge in [0.05, 0.1) is 19.1 Å². The van der Waals surface area contributed by atoms with Gasteiger partial charge in [-0.3, -0.25) is 0 Å². The standard InChI is InChI=1S/C6H7IO2/c7-9-4-2-6-1-3-8-5-6/h1,3,5H,2,4H2. The van der Waals surface area contributed by atoms with Crippen molar-refractivity contribution in [1.82, 2.24) is 0 Å². The Balaban J connectivity index is 2.30. The van der Waals surface area contributed by atoms with Crippen LogP contribution in [0, 0.1) is 0 Å². The van der Waals surface area contributed by atoms with Crippen LogP contribution < -0.4 is 0 Å². The molecule has 0 amide bonds. The summed E-state index contributed by atoms with van der Waals surface area (Å²) in [6, 6.07) is 1.94. The molecule has 2 nitrogen and oxygen atoms in total. The van der Waals surface area contributed by atoms with Gasteiger partial charge in [0.2, 0.25) is 0 Å². The van der Waals surface area contributed by atoms with E-state index in [0.717, 1.165) is 13.0 Å². The largest absolute Gasteiger partial charge is 0.472 e. The number of furan rings is 1. The second-order valence-electron chi connectivity index (χ2n) is 1.69. The van der Waals surface area contributed by atoms with Gasteiger partial charge in [-0.25, -0.2) is 0 Å². The molecular formula is C6H7IO2. The molecule has 50 valence electrons. The molecular weight excluding hydrogens is 231 g/mol. The lowest BCUT2D eigenvalue weighted by molar-refractivity contribution is 0.430. The third kappa shape index (κ3) is 2.36. The third-order valence-corrected chi connectivity index (χ3v) is 1.49. The van der Waals surface area contributed by atoms with Crippen molar-refractivity contribution >= 4 is 23.0 Å². The molecule has 1 aromatic heterocycles. The van der Waals surface area contributed by atoms with Crippen LogP contribution in [0.3, 0.4) is 0 Å². The Kier molecular flexibility index (Phi) is 3.06. The highest BCUT2D eigenvalue weighted by molar-refractivity contribution is 14.1. The fraction of sp³-hybridized carbons (Fsp3) is 0.333. The molecule has 0 bridgehead atoms. The van der Waals surface area contributed by atoms with E-state index in [1.807, 2.05) is 29.1 Å². The zero-order valence-corrected chi connectivity index (χ0v) is 7.00. The van der Waals surface area contributed by atoms with Crippen molar-refractivity contribution in [2.45, 2.75) is 6.42 Å². The Morgan fingerprint density at radius 2 is 2.56 bits per heavy atom. The summed E-state index contributed by atoms with van der Waals surface area (Å²) in [5.74, 6) is 0. The molecule has 0 aliphatic heterocycles. The lowest BCUT2D eigenvalue weighted by Gasteiger charge is -1.89. The minimum Gasteiger partial charge on any atom is -0.472 e. The van der Waals surface area contributed by atoms with Crippen molar-refractivity contribution in [3.8, 4) is 0 Å². The lowest BCUT2D eigenvalue weighted by atomic mass is 10.3. The zero-order chi connectivity index (χ0) is 6.53. The van der Waals surface area contributed by atoms with Crippen LogP contribution >= 0.6 is 23.0 Å². The second kappa shape index (κ2) is 3.90. The van der Waals surface area contributed by atoms with Gasteiger partial charge < -0.3 is 7.48 Å². The highest BCUT2D eigenvalue weighted by Gasteiger charge is 1.91. The summed E-state index contributed by atoms with van der Waals surface area (Å²) in [4.78, 5) is 0. The molecule has 0 aliphatic rings. The summed E-state index contributed by atoms with van der Waals surface area (Å²) in [5.41, 5.74) is 1.19. The van der Waals surface area contributed by atoms with Gasteiger partial charge in [-0.1, -0.05) is 0 Å². The van der Waals surface area contributed by atoms with Gasteiger partial charge in [0, 0.05) is 0 Å². The predicted molar refractivity (Wildman–Crippen MR) is 42.4 cm³/mol. The molecule has 3 heteroatoms. The van der Waals surface area contributed by atoms with Gasteiger partial charge in [0.1, 0.15) is 23.0 Å². The van der Waals surface area contributed by atoms with Crippen molar-refractivity contribution in [2.75, 3.05) is 6.61 Å². The third-order valence-electron chi connectivity index (χ3n) is 1.05. The van der Waals surface area contributed by atoms with Crippen LogP contribution in [-0.4, -0.2) is 6.61 Å². The van der Waals surface area contributed by atoms with Crippen molar-refractivity contribution in [3.05, 3.63) is 24.2 Å².